The van der Waals surface area contributed by atoms with Gasteiger partial charge < -0.3 is 10.2 Å². The van der Waals surface area contributed by atoms with E-state index < -0.39 is 10.7 Å². The molecule has 6 heteroatoms. The number of nitro groups is 1. The molecule has 1 aromatic rings. The van der Waals surface area contributed by atoms with E-state index in [2.05, 4.69) is 10.2 Å². The standard InChI is InChI=1S/C14H18FN3O2/c15-13-7-12(18(19)20)1-2-14(13)16-8-11-9-17-5-3-10(11)4-6-17/h1-2,7,10-11,16H,3-6,8-9H2. The predicted octanol–water partition coefficient (Wildman–Crippen LogP) is 2.49. The van der Waals surface area contributed by atoms with E-state index in [9.17, 15) is 14.5 Å². The molecule has 20 heavy (non-hydrogen) atoms. The number of nitro benzene ring substituents is 1. The Morgan fingerprint density at radius 2 is 2.15 bits per heavy atom. The van der Waals surface area contributed by atoms with Gasteiger partial charge in [0, 0.05) is 19.2 Å². The Hall–Kier alpha value is -1.69. The van der Waals surface area contributed by atoms with Crippen molar-refractivity contribution in [3.63, 3.8) is 0 Å². The van der Waals surface area contributed by atoms with E-state index in [0.29, 0.717) is 11.6 Å². The Bertz CT molecular complexity index is 515. The van der Waals surface area contributed by atoms with Crippen molar-refractivity contribution in [3.8, 4) is 0 Å². The number of nitrogens with zero attached hydrogens (tertiary/aromatic N) is 2. The van der Waals surface area contributed by atoms with Gasteiger partial charge in [-0.05, 0) is 43.8 Å². The van der Waals surface area contributed by atoms with Crippen LogP contribution in [0.1, 0.15) is 12.8 Å². The fraction of sp³-hybridized carbons (Fsp3) is 0.571. The van der Waals surface area contributed by atoms with Gasteiger partial charge >= 0.3 is 0 Å². The number of piperidine rings is 3. The van der Waals surface area contributed by atoms with Crippen LogP contribution < -0.4 is 5.32 Å². The Labute approximate surface area is 116 Å². The fourth-order valence-corrected chi connectivity index (χ4v) is 3.32. The van der Waals surface area contributed by atoms with Crippen LogP contribution >= 0.6 is 0 Å². The van der Waals surface area contributed by atoms with E-state index in [1.54, 1.807) is 0 Å². The van der Waals surface area contributed by atoms with Gasteiger partial charge in [-0.1, -0.05) is 0 Å². The fourth-order valence-electron chi connectivity index (χ4n) is 3.32. The smallest absolute Gasteiger partial charge is 0.272 e. The van der Waals surface area contributed by atoms with Crippen molar-refractivity contribution in [2.45, 2.75) is 12.8 Å². The van der Waals surface area contributed by atoms with Crippen LogP contribution in [0.25, 0.3) is 0 Å². The molecule has 3 heterocycles. The van der Waals surface area contributed by atoms with Crippen molar-refractivity contribution in [3.05, 3.63) is 34.1 Å². The first-order chi connectivity index (χ1) is 9.63. The molecule has 3 aliphatic rings. The third-order valence-electron chi connectivity index (χ3n) is 4.51. The highest BCUT2D eigenvalue weighted by molar-refractivity contribution is 5.50. The minimum absolute atomic E-state index is 0.212. The molecule has 0 aliphatic carbocycles. The lowest BCUT2D eigenvalue weighted by Gasteiger charge is -2.45. The van der Waals surface area contributed by atoms with Crippen LogP contribution in [0.3, 0.4) is 0 Å². The normalized spacial score (nSPS) is 28.4. The van der Waals surface area contributed by atoms with Crippen molar-refractivity contribution in [1.29, 1.82) is 0 Å². The maximum atomic E-state index is 13.8. The second-order valence-corrected chi connectivity index (χ2v) is 5.70. The molecule has 0 spiro atoms. The van der Waals surface area contributed by atoms with Crippen LogP contribution in [0.5, 0.6) is 0 Å². The molecule has 108 valence electrons. The Morgan fingerprint density at radius 3 is 2.70 bits per heavy atom. The Balaban J connectivity index is 1.62. The lowest BCUT2D eigenvalue weighted by Crippen LogP contribution is -2.49. The Kier molecular flexibility index (Phi) is 3.56. The first-order valence-corrected chi connectivity index (χ1v) is 7.03. The van der Waals surface area contributed by atoms with Gasteiger partial charge in [0.1, 0.15) is 0 Å². The molecule has 1 atom stereocenters. The number of anilines is 1. The van der Waals surface area contributed by atoms with Gasteiger partial charge in [-0.3, -0.25) is 10.1 Å². The average Bonchev–Trinajstić information content (AvgIpc) is 2.47. The molecule has 0 radical (unpaired) electrons. The molecule has 1 unspecified atom stereocenters. The number of fused-ring (bicyclic) bond motifs is 3. The monoisotopic (exact) mass is 279 g/mol. The van der Waals surface area contributed by atoms with E-state index in [-0.39, 0.29) is 5.69 Å². The van der Waals surface area contributed by atoms with Crippen molar-refractivity contribution in [2.75, 3.05) is 31.5 Å². The highest BCUT2D eigenvalue weighted by atomic mass is 19.1. The number of hydrogen-bond acceptors (Lipinski definition) is 4. The van der Waals surface area contributed by atoms with Crippen LogP contribution in [-0.2, 0) is 0 Å². The minimum Gasteiger partial charge on any atom is -0.382 e. The zero-order chi connectivity index (χ0) is 14.1. The first kappa shape index (κ1) is 13.3. The summed E-state index contributed by atoms with van der Waals surface area (Å²) in [6, 6.07) is 3.76. The zero-order valence-electron chi connectivity index (χ0n) is 11.2. The summed E-state index contributed by atoms with van der Waals surface area (Å²) in [6.07, 6.45) is 2.46. The van der Waals surface area contributed by atoms with Crippen molar-refractivity contribution >= 4 is 11.4 Å². The lowest BCUT2D eigenvalue weighted by atomic mass is 9.79. The number of benzene rings is 1. The van der Waals surface area contributed by atoms with E-state index in [4.69, 9.17) is 0 Å². The van der Waals surface area contributed by atoms with Crippen LogP contribution in [0.15, 0.2) is 18.2 Å². The summed E-state index contributed by atoms with van der Waals surface area (Å²) >= 11 is 0. The maximum absolute atomic E-state index is 13.8. The summed E-state index contributed by atoms with van der Waals surface area (Å²) in [5.41, 5.74) is 0.142. The van der Waals surface area contributed by atoms with Crippen molar-refractivity contribution < 1.29 is 9.31 Å². The number of nitrogens with one attached hydrogen (secondary N) is 1. The van der Waals surface area contributed by atoms with Crippen LogP contribution in [-0.4, -0.2) is 36.0 Å². The number of hydrogen-bond donors (Lipinski definition) is 1. The molecule has 5 nitrogen and oxygen atoms in total. The topological polar surface area (TPSA) is 58.4 Å². The second kappa shape index (κ2) is 5.36. The summed E-state index contributed by atoms with van der Waals surface area (Å²) < 4.78 is 13.8. The quantitative estimate of drug-likeness (QED) is 0.679. The highest BCUT2D eigenvalue weighted by Crippen LogP contribution is 2.32. The van der Waals surface area contributed by atoms with Gasteiger partial charge in [0.2, 0.25) is 0 Å². The minimum atomic E-state index is -0.583. The largest absolute Gasteiger partial charge is 0.382 e. The molecule has 1 N–H and O–H groups in total. The van der Waals surface area contributed by atoms with Crippen LogP contribution in [0.4, 0.5) is 15.8 Å². The second-order valence-electron chi connectivity index (χ2n) is 5.70. The molecule has 1 aromatic carbocycles. The van der Waals surface area contributed by atoms with Crippen LogP contribution in [0, 0.1) is 27.8 Å². The third-order valence-corrected chi connectivity index (χ3v) is 4.51. The molecule has 0 saturated carbocycles. The number of halogens is 1. The molecular formula is C14H18FN3O2. The SMILES string of the molecule is O=[N+]([O-])c1ccc(NCC2CN3CCC2CC3)c(F)c1. The number of non-ortho nitro benzene ring substituents is 1. The van der Waals surface area contributed by atoms with Gasteiger partial charge in [-0.2, -0.15) is 0 Å². The molecular weight excluding hydrogens is 261 g/mol. The van der Waals surface area contributed by atoms with Crippen LogP contribution in [0.2, 0.25) is 0 Å². The van der Waals surface area contributed by atoms with Crippen molar-refractivity contribution in [2.24, 2.45) is 11.8 Å². The molecule has 0 aromatic heterocycles. The summed E-state index contributed by atoms with van der Waals surface area (Å²) in [6.45, 7) is 4.18. The Morgan fingerprint density at radius 1 is 1.40 bits per heavy atom. The number of rotatable bonds is 4. The van der Waals surface area contributed by atoms with Gasteiger partial charge in [-0.15, -0.1) is 0 Å². The third kappa shape index (κ3) is 2.60. The molecule has 4 rings (SSSR count). The molecule has 3 aliphatic heterocycles. The first-order valence-electron chi connectivity index (χ1n) is 7.03. The van der Waals surface area contributed by atoms with E-state index >= 15 is 0 Å². The molecule has 0 amide bonds. The van der Waals surface area contributed by atoms with E-state index in [1.165, 1.54) is 38.1 Å². The predicted molar refractivity (Wildman–Crippen MR) is 74.2 cm³/mol. The molecule has 3 saturated heterocycles. The summed E-state index contributed by atoms with van der Waals surface area (Å²) in [4.78, 5) is 12.4. The summed E-state index contributed by atoms with van der Waals surface area (Å²) in [5, 5.41) is 13.7. The summed E-state index contributed by atoms with van der Waals surface area (Å²) in [7, 11) is 0. The lowest BCUT2D eigenvalue weighted by molar-refractivity contribution is -0.385. The van der Waals surface area contributed by atoms with Gasteiger partial charge in [0.15, 0.2) is 5.82 Å². The van der Waals surface area contributed by atoms with E-state index in [1.807, 2.05) is 0 Å². The van der Waals surface area contributed by atoms with Gasteiger partial charge in [0.25, 0.3) is 5.69 Å². The average molecular weight is 279 g/mol. The summed E-state index contributed by atoms with van der Waals surface area (Å²) in [5.74, 6) is 0.723. The maximum Gasteiger partial charge on any atom is 0.272 e. The van der Waals surface area contributed by atoms with Gasteiger partial charge in [-0.25, -0.2) is 4.39 Å². The highest BCUT2D eigenvalue weighted by Gasteiger charge is 2.33. The zero-order valence-corrected chi connectivity index (χ0v) is 11.2. The molecule has 3 fully saturated rings. The van der Waals surface area contributed by atoms with E-state index in [0.717, 1.165) is 25.1 Å². The van der Waals surface area contributed by atoms with Crippen molar-refractivity contribution in [1.82, 2.24) is 4.90 Å². The van der Waals surface area contributed by atoms with Gasteiger partial charge in [0.05, 0.1) is 16.7 Å². The molecule has 2 bridgehead atoms.